The van der Waals surface area contributed by atoms with Crippen LogP contribution in [0.4, 0.5) is 0 Å². The number of ether oxygens (including phenoxy) is 4. The van der Waals surface area contributed by atoms with Crippen LogP contribution in [0.1, 0.15) is 59.8 Å². The van der Waals surface area contributed by atoms with E-state index in [1.54, 1.807) is 24.9 Å². The van der Waals surface area contributed by atoms with Gasteiger partial charge in [-0.05, 0) is 50.5 Å². The highest BCUT2D eigenvalue weighted by Gasteiger charge is 2.01. The number of allylic oxidation sites excluding steroid dienone is 7. The lowest BCUT2D eigenvalue weighted by Gasteiger charge is -2.12. The molecule has 28 heavy (non-hydrogen) atoms. The minimum absolute atomic E-state index is 0.514. The second kappa shape index (κ2) is 20.7. The number of rotatable bonds is 16. The lowest BCUT2D eigenvalue weighted by molar-refractivity contribution is -0.0234. The predicted octanol–water partition coefficient (Wildman–Crippen LogP) is 7.42. The maximum atomic E-state index is 5.64. The maximum absolute atomic E-state index is 5.64. The molecule has 4 nitrogen and oxygen atoms in total. The largest absolute Gasteiger partial charge is 0.469 e. The quantitative estimate of drug-likeness (QED) is 0.119. The Labute approximate surface area is 171 Å². The van der Waals surface area contributed by atoms with Crippen molar-refractivity contribution in [2.24, 2.45) is 0 Å². The molecule has 0 heterocycles. The van der Waals surface area contributed by atoms with Gasteiger partial charge in [0, 0.05) is 6.08 Å². The van der Waals surface area contributed by atoms with Gasteiger partial charge in [-0.3, -0.25) is 0 Å². The summed E-state index contributed by atoms with van der Waals surface area (Å²) in [6, 6.07) is 0. The van der Waals surface area contributed by atoms with Crippen LogP contribution in [0.2, 0.25) is 0 Å². The van der Waals surface area contributed by atoms with E-state index in [2.05, 4.69) is 20.8 Å². The first-order chi connectivity index (χ1) is 13.8. The Hall–Kier alpha value is -2.62. The molecule has 0 amide bonds. The fourth-order valence-electron chi connectivity index (χ4n) is 1.70. The van der Waals surface area contributed by atoms with E-state index >= 15 is 0 Å². The Morgan fingerprint density at radius 2 is 1.54 bits per heavy atom. The predicted molar refractivity (Wildman–Crippen MR) is 117 cm³/mol. The molecule has 0 spiro atoms. The molecular weight excluding hydrogens is 352 g/mol. The van der Waals surface area contributed by atoms with E-state index in [9.17, 15) is 0 Å². The summed E-state index contributed by atoms with van der Waals surface area (Å²) in [5.41, 5.74) is 0. The van der Waals surface area contributed by atoms with Gasteiger partial charge in [0.05, 0.1) is 25.0 Å². The van der Waals surface area contributed by atoms with Crippen LogP contribution >= 0.6 is 0 Å². The van der Waals surface area contributed by atoms with Crippen LogP contribution in [0, 0.1) is 0 Å². The minimum Gasteiger partial charge on any atom is -0.469 e. The maximum Gasteiger partial charge on any atom is 0.259 e. The van der Waals surface area contributed by atoms with Gasteiger partial charge < -0.3 is 18.9 Å². The van der Waals surface area contributed by atoms with Gasteiger partial charge in [-0.1, -0.05) is 51.8 Å². The molecule has 0 bridgehead atoms. The molecule has 0 aliphatic carbocycles. The molecule has 0 aromatic rings. The topological polar surface area (TPSA) is 36.9 Å². The lowest BCUT2D eigenvalue weighted by atomic mass is 10.3. The average molecular weight is 389 g/mol. The summed E-state index contributed by atoms with van der Waals surface area (Å²) in [5, 5.41) is 0. The van der Waals surface area contributed by atoms with E-state index in [0.717, 1.165) is 32.1 Å². The zero-order valence-corrected chi connectivity index (χ0v) is 17.8. The van der Waals surface area contributed by atoms with Gasteiger partial charge in [0.2, 0.25) is 0 Å². The van der Waals surface area contributed by atoms with Crippen molar-refractivity contribution in [1.82, 2.24) is 0 Å². The Morgan fingerprint density at radius 3 is 2.21 bits per heavy atom. The van der Waals surface area contributed by atoms with Crippen LogP contribution in [-0.4, -0.2) is 6.29 Å². The van der Waals surface area contributed by atoms with Gasteiger partial charge in [0.1, 0.15) is 6.26 Å². The Bertz CT molecular complexity index is 551. The second-order valence-corrected chi connectivity index (χ2v) is 5.73. The standard InChI is InChI=1S/C24H36O4/c1-5-9-13-18-25-22-23(26-19-14-10-6-2)17-21-28-24(16-12-8-4)27-20-15-11-7-3/h7,11-22,24H,5-6,8-10H2,1-4H3. The molecule has 0 aromatic heterocycles. The van der Waals surface area contributed by atoms with Crippen molar-refractivity contribution in [3.63, 3.8) is 0 Å². The molecule has 0 radical (unpaired) electrons. The van der Waals surface area contributed by atoms with E-state index in [1.807, 2.05) is 49.5 Å². The summed E-state index contributed by atoms with van der Waals surface area (Å²) < 4.78 is 22.2. The van der Waals surface area contributed by atoms with Crippen molar-refractivity contribution >= 4 is 0 Å². The minimum atomic E-state index is -0.514. The zero-order valence-electron chi connectivity index (χ0n) is 17.8. The third-order valence-electron chi connectivity index (χ3n) is 3.14. The summed E-state index contributed by atoms with van der Waals surface area (Å²) in [7, 11) is 0. The summed E-state index contributed by atoms with van der Waals surface area (Å²) in [6.45, 7) is 8.23. The van der Waals surface area contributed by atoms with Crippen molar-refractivity contribution in [2.75, 3.05) is 0 Å². The van der Waals surface area contributed by atoms with Crippen molar-refractivity contribution in [2.45, 2.75) is 66.1 Å². The van der Waals surface area contributed by atoms with Gasteiger partial charge in [-0.2, -0.15) is 0 Å². The first-order valence-corrected chi connectivity index (χ1v) is 10.0. The van der Waals surface area contributed by atoms with Crippen LogP contribution in [0.25, 0.3) is 0 Å². The highest BCUT2D eigenvalue weighted by molar-refractivity contribution is 5.09. The fraction of sp³-hybridized carbons (Fsp3) is 0.417. The second-order valence-electron chi connectivity index (χ2n) is 5.73. The summed E-state index contributed by atoms with van der Waals surface area (Å²) in [5.74, 6) is 0.524. The molecule has 0 aliphatic rings. The molecule has 0 N–H and O–H groups in total. The fourth-order valence-corrected chi connectivity index (χ4v) is 1.70. The highest BCUT2D eigenvalue weighted by atomic mass is 16.7. The third kappa shape index (κ3) is 16.8. The van der Waals surface area contributed by atoms with Crippen LogP contribution < -0.4 is 0 Å². The Kier molecular flexibility index (Phi) is 18.8. The molecule has 1 atom stereocenters. The zero-order chi connectivity index (χ0) is 20.7. The van der Waals surface area contributed by atoms with Crippen molar-refractivity contribution < 1.29 is 18.9 Å². The smallest absolute Gasteiger partial charge is 0.259 e. The number of hydrogen-bond donors (Lipinski definition) is 0. The first kappa shape index (κ1) is 25.4. The first-order valence-electron chi connectivity index (χ1n) is 10.0. The van der Waals surface area contributed by atoms with Crippen LogP contribution in [0.5, 0.6) is 0 Å². The Balaban J connectivity index is 4.87. The molecule has 0 aliphatic heterocycles. The van der Waals surface area contributed by atoms with Crippen molar-refractivity contribution in [3.05, 3.63) is 85.7 Å². The van der Waals surface area contributed by atoms with Crippen LogP contribution in [0.15, 0.2) is 85.7 Å². The monoisotopic (exact) mass is 388 g/mol. The molecule has 0 saturated carbocycles. The van der Waals surface area contributed by atoms with E-state index < -0.39 is 6.29 Å². The van der Waals surface area contributed by atoms with Crippen LogP contribution in [0.3, 0.4) is 0 Å². The third-order valence-corrected chi connectivity index (χ3v) is 3.14. The molecule has 4 heteroatoms. The van der Waals surface area contributed by atoms with E-state index in [4.69, 9.17) is 18.9 Å². The molecule has 0 saturated heterocycles. The highest BCUT2D eigenvalue weighted by Crippen LogP contribution is 2.06. The van der Waals surface area contributed by atoms with Gasteiger partial charge in [0.15, 0.2) is 5.76 Å². The average Bonchev–Trinajstić information content (AvgIpc) is 2.71. The molecule has 0 rings (SSSR count). The summed E-state index contributed by atoms with van der Waals surface area (Å²) in [4.78, 5) is 0. The van der Waals surface area contributed by atoms with Gasteiger partial charge in [-0.25, -0.2) is 0 Å². The molecular formula is C24H36O4. The van der Waals surface area contributed by atoms with E-state index in [0.29, 0.717) is 5.76 Å². The molecule has 1 unspecified atom stereocenters. The lowest BCUT2D eigenvalue weighted by Crippen LogP contribution is -2.07. The molecule has 156 valence electrons. The number of unbranched alkanes of at least 4 members (excludes halogenated alkanes) is 2. The normalized spacial score (nSPS) is 14.4. The van der Waals surface area contributed by atoms with Gasteiger partial charge in [0.25, 0.3) is 6.29 Å². The van der Waals surface area contributed by atoms with Gasteiger partial charge >= 0.3 is 0 Å². The Morgan fingerprint density at radius 1 is 0.821 bits per heavy atom. The summed E-state index contributed by atoms with van der Waals surface area (Å²) >= 11 is 0. The van der Waals surface area contributed by atoms with Crippen LogP contribution in [-0.2, 0) is 18.9 Å². The van der Waals surface area contributed by atoms with Crippen molar-refractivity contribution in [3.8, 4) is 0 Å². The molecule has 0 fully saturated rings. The van der Waals surface area contributed by atoms with E-state index in [1.165, 1.54) is 12.5 Å². The molecule has 0 aromatic carbocycles. The van der Waals surface area contributed by atoms with Crippen molar-refractivity contribution in [1.29, 1.82) is 0 Å². The SMILES string of the molecule is CC=CC=COC(C=CCC)OC=CC(=COC=CCCC)OC=CCCC. The van der Waals surface area contributed by atoms with Gasteiger partial charge in [-0.15, -0.1) is 0 Å². The summed E-state index contributed by atoms with van der Waals surface area (Å²) in [6.07, 6.45) is 27.5. The van der Waals surface area contributed by atoms with E-state index in [-0.39, 0.29) is 0 Å². The number of hydrogen-bond acceptors (Lipinski definition) is 4.